The second kappa shape index (κ2) is 9.27. The summed E-state index contributed by atoms with van der Waals surface area (Å²) in [5.74, 6) is 0.109. The molecule has 2 heterocycles. The molecular formula is C27H25N5O. The highest BCUT2D eigenvalue weighted by Crippen LogP contribution is 2.26. The Kier molecular flexibility index (Phi) is 5.88. The van der Waals surface area contributed by atoms with E-state index in [1.165, 1.54) is 5.56 Å². The minimum atomic E-state index is 0.109. The summed E-state index contributed by atoms with van der Waals surface area (Å²) in [6.07, 6.45) is 2.65. The maximum Gasteiger partial charge on any atom is 0.253 e. The predicted octanol–water partition coefficient (Wildman–Crippen LogP) is 4.64. The van der Waals surface area contributed by atoms with Gasteiger partial charge in [-0.3, -0.25) is 9.78 Å². The van der Waals surface area contributed by atoms with Crippen LogP contribution in [0.25, 0.3) is 26.5 Å². The number of rotatable bonds is 5. The van der Waals surface area contributed by atoms with Crippen molar-refractivity contribution in [2.24, 2.45) is 0 Å². The van der Waals surface area contributed by atoms with Crippen molar-refractivity contribution in [2.75, 3.05) is 38.0 Å². The fourth-order valence-electron chi connectivity index (χ4n) is 4.33. The minimum absolute atomic E-state index is 0.109. The van der Waals surface area contributed by atoms with Crippen LogP contribution in [0.1, 0.15) is 15.9 Å². The molecule has 5 rings (SSSR count). The van der Waals surface area contributed by atoms with Crippen LogP contribution in [0.2, 0.25) is 0 Å². The van der Waals surface area contributed by atoms with E-state index in [1.54, 1.807) is 12.3 Å². The first-order valence-electron chi connectivity index (χ1n) is 11.2. The number of nitrogens with one attached hydrogen (secondary N) is 2. The highest BCUT2D eigenvalue weighted by Gasteiger charge is 2.18. The number of carbonyl (C=O) groups excluding carboxylic acids is 1. The van der Waals surface area contributed by atoms with Crippen LogP contribution >= 0.6 is 0 Å². The van der Waals surface area contributed by atoms with E-state index in [9.17, 15) is 4.79 Å². The van der Waals surface area contributed by atoms with Gasteiger partial charge >= 0.3 is 0 Å². The average molecular weight is 436 g/mol. The van der Waals surface area contributed by atoms with Gasteiger partial charge in [-0.05, 0) is 53.1 Å². The van der Waals surface area contributed by atoms with Crippen molar-refractivity contribution >= 4 is 39.0 Å². The third kappa shape index (κ3) is 4.50. The van der Waals surface area contributed by atoms with Crippen LogP contribution in [-0.4, -0.2) is 48.5 Å². The molecule has 1 amide bonds. The summed E-state index contributed by atoms with van der Waals surface area (Å²) >= 11 is 0. The summed E-state index contributed by atoms with van der Waals surface area (Å²) in [6, 6.07) is 19.9. The molecule has 0 atom stereocenters. The van der Waals surface area contributed by atoms with Gasteiger partial charge in [0.1, 0.15) is 0 Å². The fraction of sp³-hybridized carbons (Fsp3) is 0.222. The van der Waals surface area contributed by atoms with Gasteiger partial charge in [0.25, 0.3) is 5.91 Å². The van der Waals surface area contributed by atoms with Gasteiger partial charge in [0.2, 0.25) is 0 Å². The van der Waals surface area contributed by atoms with Crippen LogP contribution in [0, 0.1) is 6.57 Å². The normalized spacial score (nSPS) is 13.7. The molecule has 6 heteroatoms. The van der Waals surface area contributed by atoms with Gasteiger partial charge in [-0.25, -0.2) is 4.85 Å². The molecular weight excluding hydrogens is 410 g/mol. The summed E-state index contributed by atoms with van der Waals surface area (Å²) in [5, 5.41) is 9.97. The van der Waals surface area contributed by atoms with Gasteiger partial charge in [0, 0.05) is 55.6 Å². The molecule has 6 nitrogen and oxygen atoms in total. The number of anilines is 1. The molecule has 1 aliphatic heterocycles. The second-order valence-corrected chi connectivity index (χ2v) is 8.29. The zero-order valence-electron chi connectivity index (χ0n) is 18.3. The molecule has 1 saturated heterocycles. The molecule has 0 spiro atoms. The Bertz CT molecular complexity index is 1370. The molecule has 2 N–H and O–H groups in total. The van der Waals surface area contributed by atoms with E-state index in [1.807, 2.05) is 41.3 Å². The Morgan fingerprint density at radius 2 is 1.85 bits per heavy atom. The summed E-state index contributed by atoms with van der Waals surface area (Å²) < 4.78 is 0. The van der Waals surface area contributed by atoms with E-state index >= 15 is 0 Å². The Morgan fingerprint density at radius 3 is 2.70 bits per heavy atom. The molecule has 164 valence electrons. The number of hydrogen-bond donors (Lipinski definition) is 2. The predicted molar refractivity (Wildman–Crippen MR) is 133 cm³/mol. The molecule has 0 unspecified atom stereocenters. The van der Waals surface area contributed by atoms with Crippen molar-refractivity contribution in [3.63, 3.8) is 0 Å². The standard InChI is InChI=1S/C27H25N5O/c1-28-23-6-7-25-24(18-23)26(9-11-31-25)30-10-8-19-2-3-21-17-22(5-4-20(21)16-19)27(33)32-14-12-29-13-15-32/h2-7,9,11,16-18,29H,8,10,12-15H2,(H,30,31). The molecule has 0 radical (unpaired) electrons. The lowest BCUT2D eigenvalue weighted by atomic mass is 10.0. The first-order chi connectivity index (χ1) is 16.2. The SMILES string of the molecule is [C-]#[N+]c1ccc2nccc(NCCc3ccc4cc(C(=O)N5CCNCC5)ccc4c3)c2c1. The minimum Gasteiger partial charge on any atom is -0.384 e. The molecule has 4 aromatic rings. The molecule has 0 aliphatic carbocycles. The Morgan fingerprint density at radius 1 is 1.03 bits per heavy atom. The first kappa shape index (κ1) is 20.9. The number of pyridine rings is 1. The van der Waals surface area contributed by atoms with Crippen molar-refractivity contribution in [3.05, 3.63) is 89.4 Å². The highest BCUT2D eigenvalue weighted by molar-refractivity contribution is 5.99. The van der Waals surface area contributed by atoms with Gasteiger partial charge in [-0.1, -0.05) is 30.3 Å². The maximum absolute atomic E-state index is 12.8. The number of fused-ring (bicyclic) bond motifs is 2. The lowest BCUT2D eigenvalue weighted by Crippen LogP contribution is -2.46. The van der Waals surface area contributed by atoms with E-state index in [0.717, 1.165) is 72.1 Å². The third-order valence-corrected chi connectivity index (χ3v) is 6.14. The number of benzene rings is 3. The quantitative estimate of drug-likeness (QED) is 0.449. The Labute approximate surface area is 193 Å². The number of nitrogens with zero attached hydrogens (tertiary/aromatic N) is 3. The van der Waals surface area contributed by atoms with Crippen molar-refractivity contribution in [3.8, 4) is 0 Å². The third-order valence-electron chi connectivity index (χ3n) is 6.14. The van der Waals surface area contributed by atoms with Crippen molar-refractivity contribution in [1.29, 1.82) is 0 Å². The zero-order chi connectivity index (χ0) is 22.6. The number of hydrogen-bond acceptors (Lipinski definition) is 4. The number of amides is 1. The molecule has 0 saturated carbocycles. The summed E-state index contributed by atoms with van der Waals surface area (Å²) in [7, 11) is 0. The summed E-state index contributed by atoms with van der Waals surface area (Å²) in [5.41, 5.74) is 4.47. The van der Waals surface area contributed by atoms with E-state index in [-0.39, 0.29) is 5.91 Å². The number of aromatic nitrogens is 1. The van der Waals surface area contributed by atoms with Crippen LogP contribution in [0.5, 0.6) is 0 Å². The topological polar surface area (TPSA) is 61.6 Å². The smallest absolute Gasteiger partial charge is 0.253 e. The van der Waals surface area contributed by atoms with Gasteiger partial charge in [0.15, 0.2) is 5.69 Å². The molecule has 0 bridgehead atoms. The maximum atomic E-state index is 12.8. The van der Waals surface area contributed by atoms with Crippen LogP contribution in [0.3, 0.4) is 0 Å². The van der Waals surface area contributed by atoms with Gasteiger partial charge in [-0.15, -0.1) is 0 Å². The monoisotopic (exact) mass is 435 g/mol. The first-order valence-corrected chi connectivity index (χ1v) is 11.2. The zero-order valence-corrected chi connectivity index (χ0v) is 18.3. The average Bonchev–Trinajstić information content (AvgIpc) is 2.88. The Balaban J connectivity index is 1.28. The van der Waals surface area contributed by atoms with Crippen molar-refractivity contribution < 1.29 is 4.79 Å². The second-order valence-electron chi connectivity index (χ2n) is 8.29. The number of piperazine rings is 1. The Hall–Kier alpha value is -3.95. The summed E-state index contributed by atoms with van der Waals surface area (Å²) in [6.45, 7) is 11.3. The highest BCUT2D eigenvalue weighted by atomic mass is 16.2. The van der Waals surface area contributed by atoms with Crippen LogP contribution in [0.4, 0.5) is 11.4 Å². The van der Waals surface area contributed by atoms with E-state index < -0.39 is 0 Å². The molecule has 1 aromatic heterocycles. The largest absolute Gasteiger partial charge is 0.384 e. The van der Waals surface area contributed by atoms with Gasteiger partial charge in [-0.2, -0.15) is 0 Å². The van der Waals surface area contributed by atoms with Gasteiger partial charge in [0.05, 0.1) is 12.1 Å². The lowest BCUT2D eigenvalue weighted by molar-refractivity contribution is 0.0736. The van der Waals surface area contributed by atoms with Gasteiger partial charge < -0.3 is 15.5 Å². The molecule has 1 fully saturated rings. The van der Waals surface area contributed by atoms with E-state index in [2.05, 4.69) is 38.7 Å². The summed E-state index contributed by atoms with van der Waals surface area (Å²) in [4.78, 5) is 22.6. The lowest BCUT2D eigenvalue weighted by Gasteiger charge is -2.27. The molecule has 1 aliphatic rings. The van der Waals surface area contributed by atoms with E-state index in [0.29, 0.717) is 5.69 Å². The van der Waals surface area contributed by atoms with Crippen LogP contribution in [0.15, 0.2) is 66.9 Å². The van der Waals surface area contributed by atoms with Crippen LogP contribution in [-0.2, 0) is 6.42 Å². The van der Waals surface area contributed by atoms with E-state index in [4.69, 9.17) is 6.57 Å². The van der Waals surface area contributed by atoms with Crippen molar-refractivity contribution in [1.82, 2.24) is 15.2 Å². The van der Waals surface area contributed by atoms with Crippen molar-refractivity contribution in [2.45, 2.75) is 6.42 Å². The molecule has 33 heavy (non-hydrogen) atoms. The molecule has 3 aromatic carbocycles. The fourth-order valence-corrected chi connectivity index (χ4v) is 4.33. The number of carbonyl (C=O) groups is 1. The van der Waals surface area contributed by atoms with Crippen LogP contribution < -0.4 is 10.6 Å².